The first-order chi connectivity index (χ1) is 12.1. The molecular formula is C18H13Cl2N3O2. The molecule has 1 aromatic heterocycles. The predicted molar refractivity (Wildman–Crippen MR) is 97.6 cm³/mol. The summed E-state index contributed by atoms with van der Waals surface area (Å²) in [6.45, 7) is 0.536. The summed E-state index contributed by atoms with van der Waals surface area (Å²) < 4.78 is 5.66. The summed E-state index contributed by atoms with van der Waals surface area (Å²) in [7, 11) is 0. The number of benzene rings is 2. The van der Waals surface area contributed by atoms with Crippen molar-refractivity contribution in [3.63, 3.8) is 0 Å². The molecule has 0 N–H and O–H groups in total. The number of rotatable bonds is 3. The zero-order valence-corrected chi connectivity index (χ0v) is 14.6. The number of carbonyl (C=O) groups excluding carboxylic acids is 1. The molecule has 0 saturated heterocycles. The van der Waals surface area contributed by atoms with Crippen molar-refractivity contribution in [3.05, 3.63) is 58.3 Å². The van der Waals surface area contributed by atoms with Gasteiger partial charge in [-0.25, -0.2) is 9.97 Å². The molecule has 1 aliphatic rings. The number of anilines is 1. The summed E-state index contributed by atoms with van der Waals surface area (Å²) in [5.74, 6) is 0.167. The minimum atomic E-state index is -0.121. The van der Waals surface area contributed by atoms with Gasteiger partial charge in [-0.3, -0.25) is 4.79 Å². The van der Waals surface area contributed by atoms with E-state index in [2.05, 4.69) is 9.97 Å². The fraction of sp³-hybridized carbons (Fsp3) is 0.167. The molecule has 2 heterocycles. The molecule has 2 aromatic carbocycles. The number of halogens is 2. The van der Waals surface area contributed by atoms with Gasteiger partial charge < -0.3 is 9.64 Å². The summed E-state index contributed by atoms with van der Waals surface area (Å²) in [5, 5.41) is 1.45. The number of hydrogen-bond acceptors (Lipinski definition) is 4. The SMILES string of the molecule is O=C(COc1ncnc2c(Cl)cc(Cl)cc12)N1CCc2ccccc21. The first-order valence-corrected chi connectivity index (χ1v) is 8.50. The van der Waals surface area contributed by atoms with Crippen LogP contribution in [0.3, 0.4) is 0 Å². The number of para-hydroxylation sites is 1. The monoisotopic (exact) mass is 373 g/mol. The molecule has 5 nitrogen and oxygen atoms in total. The van der Waals surface area contributed by atoms with Gasteiger partial charge in [0.15, 0.2) is 6.61 Å². The molecule has 0 aliphatic carbocycles. The highest BCUT2D eigenvalue weighted by Crippen LogP contribution is 2.31. The van der Waals surface area contributed by atoms with E-state index in [-0.39, 0.29) is 18.4 Å². The molecule has 7 heteroatoms. The van der Waals surface area contributed by atoms with E-state index in [4.69, 9.17) is 27.9 Å². The van der Waals surface area contributed by atoms with Crippen LogP contribution in [0.5, 0.6) is 5.88 Å². The number of ether oxygens (including phenoxy) is 1. The first-order valence-electron chi connectivity index (χ1n) is 7.74. The average molecular weight is 374 g/mol. The number of amides is 1. The fourth-order valence-corrected chi connectivity index (χ4v) is 3.53. The van der Waals surface area contributed by atoms with Gasteiger partial charge in [0.1, 0.15) is 6.33 Å². The number of aromatic nitrogens is 2. The zero-order valence-electron chi connectivity index (χ0n) is 13.1. The molecule has 0 atom stereocenters. The van der Waals surface area contributed by atoms with E-state index in [1.807, 2.05) is 24.3 Å². The maximum atomic E-state index is 12.6. The third-order valence-electron chi connectivity index (χ3n) is 4.14. The summed E-state index contributed by atoms with van der Waals surface area (Å²) in [5.41, 5.74) is 2.65. The minimum absolute atomic E-state index is 0.120. The molecule has 0 fully saturated rings. The predicted octanol–water partition coefficient (Wildman–Crippen LogP) is 3.90. The summed E-state index contributed by atoms with van der Waals surface area (Å²) in [4.78, 5) is 22.5. The number of hydrogen-bond donors (Lipinski definition) is 0. The molecule has 0 radical (unpaired) electrons. The second-order valence-electron chi connectivity index (χ2n) is 5.68. The third-order valence-corrected chi connectivity index (χ3v) is 4.65. The molecule has 0 saturated carbocycles. The van der Waals surface area contributed by atoms with Crippen LogP contribution in [0.1, 0.15) is 5.56 Å². The molecule has 3 aromatic rings. The summed E-state index contributed by atoms with van der Waals surface area (Å²) in [6.07, 6.45) is 2.21. The summed E-state index contributed by atoms with van der Waals surface area (Å²) in [6, 6.07) is 11.2. The Kier molecular flexibility index (Phi) is 4.19. The van der Waals surface area contributed by atoms with Gasteiger partial charge in [0, 0.05) is 17.3 Å². The zero-order chi connectivity index (χ0) is 17.4. The molecule has 0 spiro atoms. The normalized spacial score (nSPS) is 13.1. The standard InChI is InChI=1S/C18H13Cl2N3O2/c19-12-7-13-17(14(20)8-12)21-10-22-18(13)25-9-16(24)23-6-5-11-3-1-2-4-15(11)23/h1-4,7-8,10H,5-6,9H2. The van der Waals surface area contributed by atoms with Crippen molar-refractivity contribution in [1.29, 1.82) is 0 Å². The Bertz CT molecular complexity index is 978. The van der Waals surface area contributed by atoms with E-state index in [0.717, 1.165) is 12.1 Å². The van der Waals surface area contributed by atoms with E-state index in [1.165, 1.54) is 11.9 Å². The third kappa shape index (κ3) is 3.01. The Hall–Kier alpha value is -2.37. The van der Waals surface area contributed by atoms with Gasteiger partial charge in [-0.1, -0.05) is 41.4 Å². The molecule has 1 amide bonds. The van der Waals surface area contributed by atoms with Crippen LogP contribution in [-0.4, -0.2) is 29.0 Å². The van der Waals surface area contributed by atoms with Crippen molar-refractivity contribution in [2.45, 2.75) is 6.42 Å². The molecule has 25 heavy (non-hydrogen) atoms. The van der Waals surface area contributed by atoms with Crippen LogP contribution in [0.15, 0.2) is 42.7 Å². The van der Waals surface area contributed by atoms with Crippen molar-refractivity contribution < 1.29 is 9.53 Å². The topological polar surface area (TPSA) is 55.3 Å². The van der Waals surface area contributed by atoms with Crippen molar-refractivity contribution in [3.8, 4) is 5.88 Å². The van der Waals surface area contributed by atoms with Crippen molar-refractivity contribution in [2.24, 2.45) is 0 Å². The van der Waals surface area contributed by atoms with Gasteiger partial charge in [0.2, 0.25) is 5.88 Å². The molecule has 126 valence electrons. The molecule has 0 unspecified atom stereocenters. The lowest BCUT2D eigenvalue weighted by Gasteiger charge is -2.17. The van der Waals surface area contributed by atoms with Crippen LogP contribution < -0.4 is 9.64 Å². The number of carbonyl (C=O) groups is 1. The molecule has 1 aliphatic heterocycles. The van der Waals surface area contributed by atoms with Crippen LogP contribution in [0.4, 0.5) is 5.69 Å². The Morgan fingerprint density at radius 2 is 2.04 bits per heavy atom. The van der Waals surface area contributed by atoms with Gasteiger partial charge in [0.05, 0.1) is 15.9 Å². The van der Waals surface area contributed by atoms with Crippen LogP contribution in [0.25, 0.3) is 10.9 Å². The maximum absolute atomic E-state index is 12.6. The number of fused-ring (bicyclic) bond motifs is 2. The summed E-state index contributed by atoms with van der Waals surface area (Å²) >= 11 is 12.2. The van der Waals surface area contributed by atoms with Crippen molar-refractivity contribution in [1.82, 2.24) is 9.97 Å². The highest BCUT2D eigenvalue weighted by molar-refractivity contribution is 6.38. The highest BCUT2D eigenvalue weighted by Gasteiger charge is 2.24. The largest absolute Gasteiger partial charge is 0.467 e. The lowest BCUT2D eigenvalue weighted by atomic mass is 10.2. The molecule has 4 rings (SSSR count). The quantitative estimate of drug-likeness (QED) is 0.698. The van der Waals surface area contributed by atoms with E-state index >= 15 is 0 Å². The minimum Gasteiger partial charge on any atom is -0.467 e. The smallest absolute Gasteiger partial charge is 0.264 e. The van der Waals surface area contributed by atoms with Gasteiger partial charge in [0.25, 0.3) is 5.91 Å². The van der Waals surface area contributed by atoms with E-state index in [9.17, 15) is 4.79 Å². The molecule has 0 bridgehead atoms. The van der Waals surface area contributed by atoms with Crippen LogP contribution in [0.2, 0.25) is 10.0 Å². The Labute approximate surface area is 154 Å². The van der Waals surface area contributed by atoms with Gasteiger partial charge in [-0.15, -0.1) is 0 Å². The first kappa shape index (κ1) is 16.1. The van der Waals surface area contributed by atoms with Crippen LogP contribution >= 0.6 is 23.2 Å². The Morgan fingerprint density at radius 1 is 1.20 bits per heavy atom. The van der Waals surface area contributed by atoms with E-state index < -0.39 is 0 Å². The maximum Gasteiger partial charge on any atom is 0.264 e. The highest BCUT2D eigenvalue weighted by atomic mass is 35.5. The second kappa shape index (κ2) is 6.50. The van der Waals surface area contributed by atoms with Crippen molar-refractivity contribution >= 4 is 45.7 Å². The van der Waals surface area contributed by atoms with Gasteiger partial charge in [-0.2, -0.15) is 0 Å². The van der Waals surface area contributed by atoms with E-state index in [1.54, 1.807) is 17.0 Å². The Morgan fingerprint density at radius 3 is 2.92 bits per heavy atom. The van der Waals surface area contributed by atoms with Crippen molar-refractivity contribution in [2.75, 3.05) is 18.1 Å². The average Bonchev–Trinajstić information content (AvgIpc) is 3.04. The van der Waals surface area contributed by atoms with Crippen LogP contribution in [0, 0.1) is 0 Å². The second-order valence-corrected chi connectivity index (χ2v) is 6.52. The van der Waals surface area contributed by atoms with Gasteiger partial charge >= 0.3 is 0 Å². The lowest BCUT2D eigenvalue weighted by molar-refractivity contribution is -0.120. The lowest BCUT2D eigenvalue weighted by Crippen LogP contribution is -2.33. The van der Waals surface area contributed by atoms with E-state index in [0.29, 0.717) is 27.5 Å². The Balaban J connectivity index is 1.56. The number of nitrogens with zero attached hydrogens (tertiary/aromatic N) is 3. The molecular weight excluding hydrogens is 361 g/mol. The van der Waals surface area contributed by atoms with Crippen LogP contribution in [-0.2, 0) is 11.2 Å². The fourth-order valence-electron chi connectivity index (χ4n) is 2.99. The van der Waals surface area contributed by atoms with Gasteiger partial charge in [-0.05, 0) is 30.2 Å².